The van der Waals surface area contributed by atoms with E-state index in [-0.39, 0.29) is 34.0 Å². The van der Waals surface area contributed by atoms with E-state index in [2.05, 4.69) is 15.6 Å². The van der Waals surface area contributed by atoms with E-state index in [0.717, 1.165) is 4.70 Å². The highest BCUT2D eigenvalue weighted by molar-refractivity contribution is 8.01. The molecule has 0 aliphatic rings. The maximum absolute atomic E-state index is 12.5. The molecule has 0 saturated heterocycles. The van der Waals surface area contributed by atoms with E-state index < -0.39 is 4.92 Å². The van der Waals surface area contributed by atoms with Crippen molar-refractivity contribution in [2.45, 2.75) is 4.34 Å². The highest BCUT2D eigenvalue weighted by Gasteiger charge is 2.16. The zero-order valence-corrected chi connectivity index (χ0v) is 20.2. The summed E-state index contributed by atoms with van der Waals surface area (Å²) in [7, 11) is 0. The highest BCUT2D eigenvalue weighted by Crippen LogP contribution is 2.32. The van der Waals surface area contributed by atoms with Gasteiger partial charge in [-0.1, -0.05) is 47.1 Å². The topological polar surface area (TPSA) is 114 Å². The van der Waals surface area contributed by atoms with Gasteiger partial charge in [0, 0.05) is 16.8 Å². The van der Waals surface area contributed by atoms with Gasteiger partial charge in [-0.25, -0.2) is 4.98 Å². The van der Waals surface area contributed by atoms with Crippen molar-refractivity contribution < 1.29 is 14.5 Å². The number of hydrogen-bond acceptors (Lipinski definition) is 7. The average molecular weight is 533 g/mol. The number of thiazole rings is 1. The van der Waals surface area contributed by atoms with Gasteiger partial charge in [-0.15, -0.1) is 11.3 Å². The number of nitro groups is 1. The number of amides is 2. The minimum absolute atomic E-state index is 0.0323. The van der Waals surface area contributed by atoms with Crippen LogP contribution in [0.3, 0.4) is 0 Å². The number of thioether (sulfide) groups is 1. The SMILES string of the molecule is O=C(CSc1nc2ccc(NC(=O)c3ccc(Cl)cc3Cl)cc2s1)Nc1ccccc1[N+](=O)[O-]. The molecule has 8 nitrogen and oxygen atoms in total. The zero-order valence-electron chi connectivity index (χ0n) is 17.1. The standard InChI is InChI=1S/C22H14Cl2N4O4S2/c23-12-5-7-14(15(24)9-12)21(30)25-13-6-8-17-19(10-13)34-22(27-17)33-11-20(29)26-16-3-1-2-4-18(16)28(31)32/h1-10H,11H2,(H,25,30)(H,26,29). The number of rotatable bonds is 7. The van der Waals surface area contributed by atoms with E-state index in [9.17, 15) is 19.7 Å². The summed E-state index contributed by atoms with van der Waals surface area (Å²) in [4.78, 5) is 39.9. The molecule has 0 saturated carbocycles. The quantitative estimate of drug-likeness (QED) is 0.159. The van der Waals surface area contributed by atoms with Gasteiger partial charge in [-0.3, -0.25) is 19.7 Å². The third kappa shape index (κ3) is 5.65. The lowest BCUT2D eigenvalue weighted by Gasteiger charge is -2.07. The Morgan fingerprint density at radius 2 is 1.85 bits per heavy atom. The van der Waals surface area contributed by atoms with E-state index in [0.29, 0.717) is 26.1 Å². The smallest absolute Gasteiger partial charge is 0.292 e. The molecule has 0 radical (unpaired) electrons. The summed E-state index contributed by atoms with van der Waals surface area (Å²) in [6, 6.07) is 15.9. The Kier molecular flexibility index (Phi) is 7.32. The summed E-state index contributed by atoms with van der Waals surface area (Å²) < 4.78 is 1.47. The van der Waals surface area contributed by atoms with Crippen molar-refractivity contribution in [3.8, 4) is 0 Å². The van der Waals surface area contributed by atoms with Crippen LogP contribution < -0.4 is 10.6 Å². The third-order valence-electron chi connectivity index (χ3n) is 4.50. The fourth-order valence-electron chi connectivity index (χ4n) is 2.97. The highest BCUT2D eigenvalue weighted by atomic mass is 35.5. The number of aromatic nitrogens is 1. The molecule has 4 aromatic rings. The maximum atomic E-state index is 12.5. The predicted molar refractivity (Wildman–Crippen MR) is 136 cm³/mol. The predicted octanol–water partition coefficient (Wildman–Crippen LogP) is 6.49. The molecule has 0 fully saturated rings. The van der Waals surface area contributed by atoms with Crippen LogP contribution in [0.25, 0.3) is 10.2 Å². The van der Waals surface area contributed by atoms with Gasteiger partial charge in [-0.05, 0) is 42.5 Å². The molecular weight excluding hydrogens is 519 g/mol. The van der Waals surface area contributed by atoms with Crippen LogP contribution in [0.15, 0.2) is 65.0 Å². The molecule has 2 N–H and O–H groups in total. The van der Waals surface area contributed by atoms with Crippen molar-refractivity contribution in [1.82, 2.24) is 4.98 Å². The Balaban J connectivity index is 1.41. The van der Waals surface area contributed by atoms with Gasteiger partial charge in [0.2, 0.25) is 5.91 Å². The van der Waals surface area contributed by atoms with Crippen molar-refractivity contribution in [3.63, 3.8) is 0 Å². The first kappa shape index (κ1) is 24.0. The molecule has 0 atom stereocenters. The van der Waals surface area contributed by atoms with E-state index in [1.807, 2.05) is 0 Å². The van der Waals surface area contributed by atoms with Crippen LogP contribution in [0.5, 0.6) is 0 Å². The van der Waals surface area contributed by atoms with E-state index in [4.69, 9.17) is 23.2 Å². The number of hydrogen-bond donors (Lipinski definition) is 2. The number of carbonyl (C=O) groups excluding carboxylic acids is 2. The van der Waals surface area contributed by atoms with Crippen LogP contribution in [0.4, 0.5) is 17.1 Å². The Hall–Kier alpha value is -3.18. The van der Waals surface area contributed by atoms with Crippen LogP contribution in [0.1, 0.15) is 10.4 Å². The number of nitrogens with one attached hydrogen (secondary N) is 2. The molecular formula is C22H14Cl2N4O4S2. The molecule has 0 bridgehead atoms. The maximum Gasteiger partial charge on any atom is 0.292 e. The molecule has 0 unspecified atom stereocenters. The van der Waals surface area contributed by atoms with Crippen LogP contribution in [-0.4, -0.2) is 27.5 Å². The number of nitro benzene ring substituents is 1. The van der Waals surface area contributed by atoms with Crippen LogP contribution >= 0.6 is 46.3 Å². The molecule has 0 spiro atoms. The second kappa shape index (κ2) is 10.4. The summed E-state index contributed by atoms with van der Waals surface area (Å²) in [5.74, 6) is -0.719. The Morgan fingerprint density at radius 3 is 2.62 bits per heavy atom. The minimum atomic E-state index is -0.548. The lowest BCUT2D eigenvalue weighted by atomic mass is 10.2. The summed E-state index contributed by atoms with van der Waals surface area (Å²) in [5.41, 5.74) is 1.56. The van der Waals surface area contributed by atoms with E-state index in [1.54, 1.807) is 36.4 Å². The van der Waals surface area contributed by atoms with Crippen molar-refractivity contribution in [1.29, 1.82) is 0 Å². The normalized spacial score (nSPS) is 10.8. The molecule has 12 heteroatoms. The molecule has 1 aromatic heterocycles. The molecule has 0 aliphatic carbocycles. The molecule has 0 aliphatic heterocycles. The number of nitrogens with zero attached hydrogens (tertiary/aromatic N) is 2. The number of para-hydroxylation sites is 2. The van der Waals surface area contributed by atoms with Crippen LogP contribution in [0.2, 0.25) is 10.0 Å². The van der Waals surface area contributed by atoms with Crippen molar-refractivity contribution in [2.24, 2.45) is 0 Å². The Labute approximate surface area is 211 Å². The first-order valence-corrected chi connectivity index (χ1v) is 12.2. The van der Waals surface area contributed by atoms with Crippen LogP contribution in [-0.2, 0) is 4.79 Å². The number of benzene rings is 3. The largest absolute Gasteiger partial charge is 0.322 e. The van der Waals surface area contributed by atoms with Gasteiger partial charge in [0.05, 0.1) is 31.5 Å². The van der Waals surface area contributed by atoms with Crippen molar-refractivity contribution in [2.75, 3.05) is 16.4 Å². The van der Waals surface area contributed by atoms with Gasteiger partial charge in [0.1, 0.15) is 5.69 Å². The molecule has 3 aromatic carbocycles. The lowest BCUT2D eigenvalue weighted by Crippen LogP contribution is -2.15. The number of anilines is 2. The van der Waals surface area contributed by atoms with Crippen molar-refractivity contribution in [3.05, 3.63) is 86.4 Å². The van der Waals surface area contributed by atoms with Gasteiger partial charge in [-0.2, -0.15) is 0 Å². The second-order valence-electron chi connectivity index (χ2n) is 6.85. The average Bonchev–Trinajstić information content (AvgIpc) is 3.20. The van der Waals surface area contributed by atoms with Gasteiger partial charge < -0.3 is 10.6 Å². The molecule has 4 rings (SSSR count). The first-order valence-electron chi connectivity index (χ1n) is 9.63. The summed E-state index contributed by atoms with van der Waals surface area (Å²) in [6.45, 7) is 0. The molecule has 34 heavy (non-hydrogen) atoms. The Morgan fingerprint density at radius 1 is 1.06 bits per heavy atom. The number of fused-ring (bicyclic) bond motifs is 1. The van der Waals surface area contributed by atoms with E-state index >= 15 is 0 Å². The van der Waals surface area contributed by atoms with E-state index in [1.165, 1.54) is 47.4 Å². The molecule has 1 heterocycles. The summed E-state index contributed by atoms with van der Waals surface area (Å²) in [6.07, 6.45) is 0. The fourth-order valence-corrected chi connectivity index (χ4v) is 5.37. The lowest BCUT2D eigenvalue weighted by molar-refractivity contribution is -0.383. The van der Waals surface area contributed by atoms with Crippen LogP contribution in [0, 0.1) is 10.1 Å². The molecule has 172 valence electrons. The van der Waals surface area contributed by atoms with Gasteiger partial charge in [0.25, 0.3) is 11.6 Å². The summed E-state index contributed by atoms with van der Waals surface area (Å²) >= 11 is 14.6. The number of carbonyl (C=O) groups is 2. The zero-order chi connectivity index (χ0) is 24.2. The molecule has 2 amide bonds. The Bertz CT molecular complexity index is 1430. The van der Waals surface area contributed by atoms with Crippen molar-refractivity contribution >= 4 is 85.4 Å². The minimum Gasteiger partial charge on any atom is -0.322 e. The second-order valence-corrected chi connectivity index (χ2v) is 9.95. The summed E-state index contributed by atoms with van der Waals surface area (Å²) in [5, 5.41) is 17.1. The fraction of sp³-hybridized carbons (Fsp3) is 0.0455. The number of halogens is 2. The first-order chi connectivity index (χ1) is 16.3. The monoisotopic (exact) mass is 532 g/mol. The van der Waals surface area contributed by atoms with Gasteiger partial charge >= 0.3 is 0 Å². The van der Waals surface area contributed by atoms with Gasteiger partial charge in [0.15, 0.2) is 4.34 Å². The third-order valence-corrected chi connectivity index (χ3v) is 7.21.